The molecule has 1 unspecified atom stereocenters. The molecule has 8 heteroatoms. The van der Waals surface area contributed by atoms with Crippen LogP contribution in [0.25, 0.3) is 11.3 Å². The smallest absolute Gasteiger partial charge is 0.261 e. The van der Waals surface area contributed by atoms with Gasteiger partial charge in [-0.2, -0.15) is 0 Å². The molecule has 0 aliphatic carbocycles. The van der Waals surface area contributed by atoms with E-state index in [1.54, 1.807) is 98.1 Å². The van der Waals surface area contributed by atoms with Crippen molar-refractivity contribution < 1.29 is 24.0 Å². The summed E-state index contributed by atoms with van der Waals surface area (Å²) in [7, 11) is 3.16. The first-order valence-corrected chi connectivity index (χ1v) is 14.7. The van der Waals surface area contributed by atoms with Gasteiger partial charge in [-0.15, -0.1) is 0 Å². The maximum Gasteiger partial charge on any atom is 0.261 e. The van der Waals surface area contributed by atoms with Crippen LogP contribution in [0.15, 0.2) is 145 Å². The lowest BCUT2D eigenvalue weighted by Crippen LogP contribution is -2.20. The first-order valence-electron chi connectivity index (χ1n) is 14.7. The molecule has 4 aromatic rings. The fourth-order valence-electron chi connectivity index (χ4n) is 5.86. The van der Waals surface area contributed by atoms with Crippen LogP contribution in [0.2, 0.25) is 0 Å². The van der Waals surface area contributed by atoms with E-state index in [4.69, 9.17) is 9.47 Å². The monoisotopic (exact) mass is 610 g/mol. The summed E-state index contributed by atoms with van der Waals surface area (Å²) >= 11 is 0. The van der Waals surface area contributed by atoms with Gasteiger partial charge in [-0.25, -0.2) is 0 Å². The van der Waals surface area contributed by atoms with Gasteiger partial charge in [0.05, 0.1) is 47.6 Å². The van der Waals surface area contributed by atoms with Gasteiger partial charge in [0.2, 0.25) is 5.78 Å². The van der Waals surface area contributed by atoms with Crippen molar-refractivity contribution in [1.29, 1.82) is 0 Å². The number of nitrogens with zero attached hydrogens (tertiary/aromatic N) is 2. The lowest BCUT2D eigenvalue weighted by atomic mass is 9.86. The third-order valence-corrected chi connectivity index (χ3v) is 8.14. The normalized spacial score (nSPS) is 15.7. The highest BCUT2D eigenvalue weighted by Crippen LogP contribution is 2.44. The van der Waals surface area contributed by atoms with E-state index in [0.29, 0.717) is 39.5 Å². The summed E-state index contributed by atoms with van der Waals surface area (Å²) in [4.78, 5) is 41.8. The Morgan fingerprint density at radius 1 is 0.804 bits per heavy atom. The zero-order valence-corrected chi connectivity index (χ0v) is 25.3. The van der Waals surface area contributed by atoms with Crippen LogP contribution < -0.4 is 9.47 Å². The SMILES string of the molecule is COc1ccc(C2=C(c3ccc(OC)cc3)N3C=CC(=C(C(CC(=O)c4ccccc4)c4ccccc4)[N+](=O)[O-])C=C3C2=O)cc1. The van der Waals surface area contributed by atoms with E-state index in [9.17, 15) is 19.7 Å². The van der Waals surface area contributed by atoms with Crippen molar-refractivity contribution in [2.24, 2.45) is 0 Å². The number of carbonyl (C=O) groups excluding carboxylic acids is 2. The fourth-order valence-corrected chi connectivity index (χ4v) is 5.86. The number of ketones is 2. The molecule has 6 rings (SSSR count). The van der Waals surface area contributed by atoms with E-state index in [-0.39, 0.29) is 35.0 Å². The van der Waals surface area contributed by atoms with Crippen molar-refractivity contribution in [3.63, 3.8) is 0 Å². The predicted molar refractivity (Wildman–Crippen MR) is 175 cm³/mol. The Balaban J connectivity index is 1.48. The van der Waals surface area contributed by atoms with E-state index < -0.39 is 10.8 Å². The molecular formula is C38H30N2O6. The second kappa shape index (κ2) is 12.9. The molecule has 4 aromatic carbocycles. The highest BCUT2D eigenvalue weighted by molar-refractivity contribution is 6.38. The summed E-state index contributed by atoms with van der Waals surface area (Å²) in [6.07, 6.45) is 4.76. The van der Waals surface area contributed by atoms with E-state index >= 15 is 0 Å². The Morgan fingerprint density at radius 2 is 1.37 bits per heavy atom. The highest BCUT2D eigenvalue weighted by atomic mass is 16.6. The molecule has 0 aromatic heterocycles. The van der Waals surface area contributed by atoms with Gasteiger partial charge in [-0.3, -0.25) is 19.7 Å². The molecule has 0 saturated carbocycles. The minimum Gasteiger partial charge on any atom is -0.497 e. The summed E-state index contributed by atoms with van der Waals surface area (Å²) in [5.74, 6) is -0.0423. The number of Topliss-reactive ketones (excluding diaryl/α,β-unsaturated/α-hetero) is 2. The van der Waals surface area contributed by atoms with E-state index in [1.807, 2.05) is 48.5 Å². The van der Waals surface area contributed by atoms with Crippen LogP contribution in [0, 0.1) is 10.1 Å². The Hall–Kier alpha value is -6.02. The summed E-state index contributed by atoms with van der Waals surface area (Å²) in [6.45, 7) is 0. The Morgan fingerprint density at radius 3 is 1.93 bits per heavy atom. The molecule has 2 aliphatic heterocycles. The zero-order chi connectivity index (χ0) is 32.2. The number of allylic oxidation sites excluding steroid dienone is 5. The number of ether oxygens (including phenoxy) is 2. The Labute approximate surface area is 266 Å². The number of carbonyl (C=O) groups is 2. The molecule has 0 bridgehead atoms. The van der Waals surface area contributed by atoms with Crippen LogP contribution in [0.4, 0.5) is 0 Å². The lowest BCUT2D eigenvalue weighted by molar-refractivity contribution is -0.430. The van der Waals surface area contributed by atoms with Gasteiger partial charge in [0.15, 0.2) is 5.78 Å². The second-order valence-corrected chi connectivity index (χ2v) is 10.8. The van der Waals surface area contributed by atoms with Crippen LogP contribution in [0.1, 0.15) is 39.4 Å². The van der Waals surface area contributed by atoms with Crippen molar-refractivity contribution in [3.05, 3.63) is 177 Å². The zero-order valence-electron chi connectivity index (χ0n) is 25.3. The molecule has 228 valence electrons. The van der Waals surface area contributed by atoms with E-state index in [0.717, 1.165) is 5.56 Å². The molecule has 8 nitrogen and oxygen atoms in total. The number of benzene rings is 4. The summed E-state index contributed by atoms with van der Waals surface area (Å²) < 4.78 is 10.7. The van der Waals surface area contributed by atoms with Crippen LogP contribution in [-0.4, -0.2) is 35.6 Å². The topological polar surface area (TPSA) is 99.0 Å². The van der Waals surface area contributed by atoms with Crippen molar-refractivity contribution in [2.45, 2.75) is 12.3 Å². The number of fused-ring (bicyclic) bond motifs is 1. The number of nitro groups is 1. The molecule has 46 heavy (non-hydrogen) atoms. The van der Waals surface area contributed by atoms with Gasteiger partial charge >= 0.3 is 0 Å². The van der Waals surface area contributed by atoms with Crippen LogP contribution >= 0.6 is 0 Å². The van der Waals surface area contributed by atoms with E-state index in [1.165, 1.54) is 0 Å². The highest BCUT2D eigenvalue weighted by Gasteiger charge is 2.39. The van der Waals surface area contributed by atoms with Gasteiger partial charge in [0, 0.05) is 18.2 Å². The standard InChI is InChI=1S/C38H30N2O6/c1-45-30-17-13-27(14-18-30)35-37(28-15-19-31(46-2)20-16-28)39-22-21-29(23-33(39)38(35)42)36(40(43)44)32(25-9-5-3-6-10-25)24-34(41)26-11-7-4-8-12-26/h3-23,32H,24H2,1-2H3. The minimum atomic E-state index is -0.862. The summed E-state index contributed by atoms with van der Waals surface area (Å²) in [6, 6.07) is 32.3. The third kappa shape index (κ3) is 5.76. The van der Waals surface area contributed by atoms with Crippen LogP contribution in [0.5, 0.6) is 11.5 Å². The van der Waals surface area contributed by atoms with E-state index in [2.05, 4.69) is 0 Å². The lowest BCUT2D eigenvalue weighted by Gasteiger charge is -2.23. The number of hydrogen-bond acceptors (Lipinski definition) is 7. The number of methoxy groups -OCH3 is 2. The number of hydrogen-bond donors (Lipinski definition) is 0. The molecule has 2 heterocycles. The van der Waals surface area contributed by atoms with Gasteiger partial charge in [-0.1, -0.05) is 72.8 Å². The second-order valence-electron chi connectivity index (χ2n) is 10.8. The maximum atomic E-state index is 14.2. The number of rotatable bonds is 10. The molecule has 2 aliphatic rings. The predicted octanol–water partition coefficient (Wildman–Crippen LogP) is 7.46. The average molecular weight is 611 g/mol. The van der Waals surface area contributed by atoms with Crippen LogP contribution in [-0.2, 0) is 4.79 Å². The minimum absolute atomic E-state index is 0.116. The molecular weight excluding hydrogens is 580 g/mol. The first-order chi connectivity index (χ1) is 22.4. The van der Waals surface area contributed by atoms with Crippen molar-refractivity contribution in [1.82, 2.24) is 4.90 Å². The molecule has 0 spiro atoms. The average Bonchev–Trinajstić information content (AvgIpc) is 3.39. The summed E-state index contributed by atoms with van der Waals surface area (Å²) in [5, 5.41) is 12.8. The fraction of sp³-hybridized carbons (Fsp3) is 0.105. The molecule has 0 N–H and O–H groups in total. The van der Waals surface area contributed by atoms with Gasteiger partial charge in [0.25, 0.3) is 5.70 Å². The largest absolute Gasteiger partial charge is 0.497 e. The van der Waals surface area contributed by atoms with Gasteiger partial charge < -0.3 is 14.4 Å². The Bertz CT molecular complexity index is 1920. The quantitative estimate of drug-likeness (QED) is 0.104. The third-order valence-electron chi connectivity index (χ3n) is 8.14. The van der Waals surface area contributed by atoms with Gasteiger partial charge in [-0.05, 0) is 65.2 Å². The molecule has 0 radical (unpaired) electrons. The maximum absolute atomic E-state index is 14.2. The molecule has 0 amide bonds. The summed E-state index contributed by atoms with van der Waals surface area (Å²) in [5.41, 5.74) is 4.01. The molecule has 0 fully saturated rings. The van der Waals surface area contributed by atoms with Crippen molar-refractivity contribution in [3.8, 4) is 11.5 Å². The molecule has 1 atom stereocenters. The Kier molecular flexibility index (Phi) is 8.43. The van der Waals surface area contributed by atoms with Crippen molar-refractivity contribution in [2.75, 3.05) is 14.2 Å². The van der Waals surface area contributed by atoms with Crippen LogP contribution in [0.3, 0.4) is 0 Å². The molecule has 0 saturated heterocycles. The van der Waals surface area contributed by atoms with Gasteiger partial charge in [0.1, 0.15) is 11.5 Å². The van der Waals surface area contributed by atoms with Crippen molar-refractivity contribution >= 4 is 22.8 Å². The first kappa shape index (κ1) is 30.0.